The number of aliphatic carboxylic acids is 1. The number of nitrogens with zero attached hydrogens (tertiary/aromatic N) is 2. The molecule has 1 aliphatic heterocycles. The molecule has 21 heavy (non-hydrogen) atoms. The van der Waals surface area contributed by atoms with Crippen LogP contribution in [0.25, 0.3) is 0 Å². The largest absolute Gasteiger partial charge is 0.480 e. The molecular weight excluding hydrogens is 338 g/mol. The quantitative estimate of drug-likeness (QED) is 0.845. The summed E-state index contributed by atoms with van der Waals surface area (Å²) in [5, 5.41) is 9.04. The maximum atomic E-state index is 11.1. The molecule has 1 amide bonds. The predicted molar refractivity (Wildman–Crippen MR) is 83.5 cm³/mol. The maximum Gasteiger partial charge on any atom is 0.320 e. The second-order valence-electron chi connectivity index (χ2n) is 5.07. The van der Waals surface area contributed by atoms with Crippen LogP contribution in [-0.2, 0) is 4.79 Å². The van der Waals surface area contributed by atoms with Gasteiger partial charge in [0.05, 0.1) is 5.69 Å². The Labute approximate surface area is 131 Å². The molecule has 114 valence electrons. The molecule has 0 bridgehead atoms. The third-order valence-electron chi connectivity index (χ3n) is 3.79. The van der Waals surface area contributed by atoms with Crippen LogP contribution in [0, 0.1) is 0 Å². The number of carbonyl (C=O) groups excluding carboxylic acids is 1. The lowest BCUT2D eigenvalue weighted by atomic mass is 10.1. The van der Waals surface area contributed by atoms with Crippen LogP contribution in [0.5, 0.6) is 0 Å². The first-order chi connectivity index (χ1) is 9.90. The summed E-state index contributed by atoms with van der Waals surface area (Å²) < 4.78 is 0.818. The Hall–Kier alpha value is -1.60. The van der Waals surface area contributed by atoms with Gasteiger partial charge in [-0.1, -0.05) is 0 Å². The highest BCUT2D eigenvalue weighted by molar-refractivity contribution is 9.10. The van der Waals surface area contributed by atoms with Gasteiger partial charge in [0.25, 0.3) is 0 Å². The van der Waals surface area contributed by atoms with Crippen LogP contribution in [0.4, 0.5) is 5.69 Å². The zero-order valence-corrected chi connectivity index (χ0v) is 13.3. The SMILES string of the molecule is CC(C(=O)O)N1CCN(c2ccc(C(N)=O)cc2Br)CC1. The van der Waals surface area contributed by atoms with Crippen LogP contribution in [0.3, 0.4) is 0 Å². The van der Waals surface area contributed by atoms with E-state index < -0.39 is 17.9 Å². The molecule has 6 nitrogen and oxygen atoms in total. The van der Waals surface area contributed by atoms with Gasteiger partial charge < -0.3 is 15.7 Å². The van der Waals surface area contributed by atoms with E-state index in [1.54, 1.807) is 19.1 Å². The molecule has 0 aromatic heterocycles. The van der Waals surface area contributed by atoms with Gasteiger partial charge in [0.15, 0.2) is 0 Å². The third kappa shape index (κ3) is 3.54. The second-order valence-corrected chi connectivity index (χ2v) is 5.92. The topological polar surface area (TPSA) is 86.9 Å². The summed E-state index contributed by atoms with van der Waals surface area (Å²) in [6.07, 6.45) is 0. The Kier molecular flexibility index (Phi) is 4.84. The number of nitrogens with two attached hydrogens (primary N) is 1. The first-order valence-electron chi connectivity index (χ1n) is 6.71. The van der Waals surface area contributed by atoms with Crippen molar-refractivity contribution in [2.75, 3.05) is 31.1 Å². The molecule has 1 unspecified atom stereocenters. The fraction of sp³-hybridized carbons (Fsp3) is 0.429. The molecule has 1 aromatic rings. The Balaban J connectivity index is 2.05. The molecule has 1 aliphatic rings. The Morgan fingerprint density at radius 1 is 1.29 bits per heavy atom. The zero-order valence-electron chi connectivity index (χ0n) is 11.8. The summed E-state index contributed by atoms with van der Waals surface area (Å²) in [4.78, 5) is 26.3. The molecule has 1 aromatic carbocycles. The number of anilines is 1. The Bertz CT molecular complexity index is 556. The van der Waals surface area contributed by atoms with E-state index in [2.05, 4.69) is 20.8 Å². The van der Waals surface area contributed by atoms with Crippen LogP contribution < -0.4 is 10.6 Å². The molecule has 0 spiro atoms. The molecule has 0 aliphatic carbocycles. The Morgan fingerprint density at radius 3 is 2.38 bits per heavy atom. The van der Waals surface area contributed by atoms with Crippen LogP contribution in [0.15, 0.2) is 22.7 Å². The minimum absolute atomic E-state index is 0.456. The summed E-state index contributed by atoms with van der Waals surface area (Å²) in [6.45, 7) is 4.57. The number of halogens is 1. The van der Waals surface area contributed by atoms with E-state index in [-0.39, 0.29) is 0 Å². The summed E-state index contributed by atoms with van der Waals surface area (Å²) in [5.74, 6) is -1.25. The van der Waals surface area contributed by atoms with E-state index in [0.717, 1.165) is 23.2 Å². The van der Waals surface area contributed by atoms with E-state index in [1.165, 1.54) is 0 Å². The fourth-order valence-electron chi connectivity index (χ4n) is 2.42. The molecule has 0 radical (unpaired) electrons. The van der Waals surface area contributed by atoms with E-state index in [9.17, 15) is 9.59 Å². The van der Waals surface area contributed by atoms with Crippen LogP contribution in [0.2, 0.25) is 0 Å². The highest BCUT2D eigenvalue weighted by atomic mass is 79.9. The molecule has 2 rings (SSSR count). The Morgan fingerprint density at radius 2 is 1.90 bits per heavy atom. The minimum atomic E-state index is -0.796. The molecule has 7 heteroatoms. The lowest BCUT2D eigenvalue weighted by molar-refractivity contribution is -0.142. The first-order valence-corrected chi connectivity index (χ1v) is 7.50. The lowest BCUT2D eigenvalue weighted by Gasteiger charge is -2.38. The van der Waals surface area contributed by atoms with Gasteiger partial charge in [-0.15, -0.1) is 0 Å². The molecular formula is C14H18BrN3O3. The van der Waals surface area contributed by atoms with Crippen molar-refractivity contribution < 1.29 is 14.7 Å². The van der Waals surface area contributed by atoms with Gasteiger partial charge in [-0.3, -0.25) is 14.5 Å². The molecule has 1 heterocycles. The van der Waals surface area contributed by atoms with Crippen molar-refractivity contribution in [2.45, 2.75) is 13.0 Å². The van der Waals surface area contributed by atoms with Crippen LogP contribution >= 0.6 is 15.9 Å². The monoisotopic (exact) mass is 355 g/mol. The van der Waals surface area contributed by atoms with Gasteiger partial charge in [0.2, 0.25) is 5.91 Å². The number of rotatable bonds is 4. The van der Waals surface area contributed by atoms with Crippen LogP contribution in [0.1, 0.15) is 17.3 Å². The highest BCUT2D eigenvalue weighted by Gasteiger charge is 2.25. The van der Waals surface area contributed by atoms with Crippen LogP contribution in [-0.4, -0.2) is 54.1 Å². The average Bonchev–Trinajstić information content (AvgIpc) is 2.46. The lowest BCUT2D eigenvalue weighted by Crippen LogP contribution is -2.51. The standard InChI is InChI=1S/C14H18BrN3O3/c1-9(14(20)21)17-4-6-18(7-5-17)12-3-2-10(13(16)19)8-11(12)15/h2-3,8-9H,4-7H2,1H3,(H2,16,19)(H,20,21). The van der Waals surface area contributed by atoms with E-state index in [1.807, 2.05) is 11.0 Å². The number of hydrogen-bond donors (Lipinski definition) is 2. The van der Waals surface area contributed by atoms with Crippen molar-refractivity contribution >= 4 is 33.5 Å². The number of benzene rings is 1. The van der Waals surface area contributed by atoms with Crippen molar-refractivity contribution in [3.05, 3.63) is 28.2 Å². The van der Waals surface area contributed by atoms with Gasteiger partial charge in [-0.05, 0) is 41.1 Å². The van der Waals surface area contributed by atoms with E-state index in [4.69, 9.17) is 10.8 Å². The summed E-state index contributed by atoms with van der Waals surface area (Å²) in [7, 11) is 0. The van der Waals surface area contributed by atoms with Gasteiger partial charge in [-0.25, -0.2) is 0 Å². The predicted octanol–water partition coefficient (Wildman–Crippen LogP) is 1.14. The number of primary amides is 1. The number of carboxylic acids is 1. The van der Waals surface area contributed by atoms with Gasteiger partial charge in [-0.2, -0.15) is 0 Å². The van der Waals surface area contributed by atoms with Crippen molar-refractivity contribution in [3.63, 3.8) is 0 Å². The number of piperazine rings is 1. The minimum Gasteiger partial charge on any atom is -0.480 e. The molecule has 1 saturated heterocycles. The molecule has 1 fully saturated rings. The second kappa shape index (κ2) is 6.44. The number of hydrogen-bond acceptors (Lipinski definition) is 4. The van der Waals surface area contributed by atoms with Crippen molar-refractivity contribution in [1.29, 1.82) is 0 Å². The molecule has 3 N–H and O–H groups in total. The van der Waals surface area contributed by atoms with E-state index >= 15 is 0 Å². The summed E-state index contributed by atoms with van der Waals surface area (Å²) >= 11 is 3.46. The number of carbonyl (C=O) groups is 2. The van der Waals surface area contributed by atoms with Crippen molar-refractivity contribution in [2.24, 2.45) is 5.73 Å². The van der Waals surface area contributed by atoms with Crippen molar-refractivity contribution in [3.8, 4) is 0 Å². The van der Waals surface area contributed by atoms with Crippen molar-refractivity contribution in [1.82, 2.24) is 4.90 Å². The normalized spacial score (nSPS) is 17.5. The smallest absolute Gasteiger partial charge is 0.320 e. The highest BCUT2D eigenvalue weighted by Crippen LogP contribution is 2.28. The zero-order chi connectivity index (χ0) is 15.6. The number of amides is 1. The number of carboxylic acid groups (broad SMARTS) is 1. The van der Waals surface area contributed by atoms with Gasteiger partial charge >= 0.3 is 5.97 Å². The summed E-state index contributed by atoms with van der Waals surface area (Å²) in [5.41, 5.74) is 6.71. The third-order valence-corrected chi connectivity index (χ3v) is 4.43. The maximum absolute atomic E-state index is 11.1. The van der Waals surface area contributed by atoms with Gasteiger partial charge in [0.1, 0.15) is 6.04 Å². The van der Waals surface area contributed by atoms with E-state index in [0.29, 0.717) is 18.7 Å². The average molecular weight is 356 g/mol. The first kappa shape index (κ1) is 15.8. The molecule has 0 saturated carbocycles. The fourth-order valence-corrected chi connectivity index (χ4v) is 3.05. The van der Waals surface area contributed by atoms with Gasteiger partial charge in [0, 0.05) is 36.2 Å². The summed E-state index contributed by atoms with van der Waals surface area (Å²) in [6, 6.07) is 4.81. The molecule has 1 atom stereocenters.